The normalized spacial score (nSPS) is 10.4. The Morgan fingerprint density at radius 1 is 0.667 bits per heavy atom. The molecule has 2 N–H and O–H groups in total. The quantitative estimate of drug-likeness (QED) is 0.616. The summed E-state index contributed by atoms with van der Waals surface area (Å²) in [7, 11) is 0. The van der Waals surface area contributed by atoms with E-state index in [0.717, 1.165) is 32.1 Å². The van der Waals surface area contributed by atoms with E-state index in [-0.39, 0.29) is 11.8 Å². The summed E-state index contributed by atoms with van der Waals surface area (Å²) in [6, 6.07) is 11.2. The molecule has 0 bridgehead atoms. The van der Waals surface area contributed by atoms with Crippen LogP contribution in [0.3, 0.4) is 0 Å². The van der Waals surface area contributed by atoms with Crippen molar-refractivity contribution in [2.45, 2.75) is 32.1 Å². The second kappa shape index (κ2) is 11.1. The molecule has 2 rings (SSSR count). The molecule has 2 aromatic rings. The van der Waals surface area contributed by atoms with Crippen molar-refractivity contribution in [3.63, 3.8) is 0 Å². The highest BCUT2D eigenvalue weighted by Gasteiger charge is 2.06. The third kappa shape index (κ3) is 7.56. The Morgan fingerprint density at radius 2 is 1.07 bits per heavy atom. The smallest absolute Gasteiger partial charge is 0.251 e. The summed E-state index contributed by atoms with van der Waals surface area (Å²) >= 11 is 0. The van der Waals surface area contributed by atoms with Crippen molar-refractivity contribution in [2.75, 3.05) is 13.1 Å². The molecular formula is C21H24F2N2O2. The lowest BCUT2D eigenvalue weighted by Crippen LogP contribution is -2.24. The molecule has 0 radical (unpaired) electrons. The van der Waals surface area contributed by atoms with Crippen LogP contribution in [0.25, 0.3) is 0 Å². The molecule has 0 aliphatic heterocycles. The van der Waals surface area contributed by atoms with E-state index in [1.165, 1.54) is 36.4 Å². The third-order valence-electron chi connectivity index (χ3n) is 4.10. The van der Waals surface area contributed by atoms with Crippen LogP contribution in [0.5, 0.6) is 0 Å². The summed E-state index contributed by atoms with van der Waals surface area (Å²) in [5.74, 6) is -1.39. The monoisotopic (exact) mass is 374 g/mol. The number of nitrogens with one attached hydrogen (secondary N) is 2. The molecule has 0 aliphatic rings. The summed E-state index contributed by atoms with van der Waals surface area (Å²) in [4.78, 5) is 23.7. The second-order valence-electron chi connectivity index (χ2n) is 6.30. The van der Waals surface area contributed by atoms with Crippen LogP contribution in [0.15, 0.2) is 48.5 Å². The molecule has 144 valence electrons. The van der Waals surface area contributed by atoms with Gasteiger partial charge in [-0.15, -0.1) is 0 Å². The highest BCUT2D eigenvalue weighted by Crippen LogP contribution is 2.06. The van der Waals surface area contributed by atoms with E-state index in [4.69, 9.17) is 0 Å². The Hall–Kier alpha value is -2.76. The molecule has 0 saturated heterocycles. The van der Waals surface area contributed by atoms with Crippen LogP contribution in [-0.2, 0) is 0 Å². The Balaban J connectivity index is 1.49. The zero-order valence-electron chi connectivity index (χ0n) is 15.1. The predicted molar refractivity (Wildman–Crippen MR) is 101 cm³/mol. The summed E-state index contributed by atoms with van der Waals surface area (Å²) in [6.07, 6.45) is 4.60. The van der Waals surface area contributed by atoms with Crippen LogP contribution in [0.2, 0.25) is 0 Å². The lowest BCUT2D eigenvalue weighted by atomic mass is 10.1. The Kier molecular flexibility index (Phi) is 8.42. The lowest BCUT2D eigenvalue weighted by Gasteiger charge is -2.07. The van der Waals surface area contributed by atoms with E-state index in [1.54, 1.807) is 12.1 Å². The van der Waals surface area contributed by atoms with Crippen molar-refractivity contribution in [1.29, 1.82) is 0 Å². The zero-order valence-corrected chi connectivity index (χ0v) is 15.1. The number of hydrogen-bond donors (Lipinski definition) is 2. The molecule has 0 atom stereocenters. The maximum atomic E-state index is 13.1. The predicted octanol–water partition coefficient (Wildman–Crippen LogP) is 4.08. The lowest BCUT2D eigenvalue weighted by molar-refractivity contribution is 0.0945. The van der Waals surface area contributed by atoms with Gasteiger partial charge in [0.15, 0.2) is 0 Å². The molecule has 0 fully saturated rings. The van der Waals surface area contributed by atoms with Crippen molar-refractivity contribution < 1.29 is 18.4 Å². The SMILES string of the molecule is O=C(NCCCCCCCNC(=O)c1cccc(F)c1)c1cccc(F)c1. The first-order valence-corrected chi connectivity index (χ1v) is 9.14. The molecule has 0 saturated carbocycles. The van der Waals surface area contributed by atoms with E-state index in [2.05, 4.69) is 10.6 Å². The van der Waals surface area contributed by atoms with Gasteiger partial charge in [-0.25, -0.2) is 8.78 Å². The maximum Gasteiger partial charge on any atom is 0.251 e. The van der Waals surface area contributed by atoms with Crippen LogP contribution >= 0.6 is 0 Å². The van der Waals surface area contributed by atoms with Gasteiger partial charge in [0.25, 0.3) is 11.8 Å². The van der Waals surface area contributed by atoms with Gasteiger partial charge in [-0.2, -0.15) is 0 Å². The van der Waals surface area contributed by atoms with Gasteiger partial charge in [0.2, 0.25) is 0 Å². The van der Waals surface area contributed by atoms with Crippen molar-refractivity contribution in [1.82, 2.24) is 10.6 Å². The van der Waals surface area contributed by atoms with Gasteiger partial charge in [-0.05, 0) is 49.2 Å². The van der Waals surface area contributed by atoms with Gasteiger partial charge in [0, 0.05) is 24.2 Å². The van der Waals surface area contributed by atoms with Gasteiger partial charge < -0.3 is 10.6 Å². The molecule has 2 amide bonds. The molecule has 2 aromatic carbocycles. The van der Waals surface area contributed by atoms with Gasteiger partial charge in [-0.1, -0.05) is 31.4 Å². The van der Waals surface area contributed by atoms with E-state index in [1.807, 2.05) is 0 Å². The number of unbranched alkanes of at least 4 members (excludes halogenated alkanes) is 4. The van der Waals surface area contributed by atoms with Crippen LogP contribution in [-0.4, -0.2) is 24.9 Å². The summed E-state index contributed by atoms with van der Waals surface area (Å²) in [5, 5.41) is 5.55. The number of benzene rings is 2. The molecular weight excluding hydrogens is 350 g/mol. The highest BCUT2D eigenvalue weighted by molar-refractivity contribution is 5.94. The minimum Gasteiger partial charge on any atom is -0.352 e. The number of rotatable bonds is 10. The van der Waals surface area contributed by atoms with E-state index < -0.39 is 11.6 Å². The van der Waals surface area contributed by atoms with Crippen molar-refractivity contribution in [2.24, 2.45) is 0 Å². The van der Waals surface area contributed by atoms with E-state index in [0.29, 0.717) is 24.2 Å². The second-order valence-corrected chi connectivity index (χ2v) is 6.30. The summed E-state index contributed by atoms with van der Waals surface area (Å²) < 4.78 is 26.1. The molecule has 0 spiro atoms. The first-order valence-electron chi connectivity index (χ1n) is 9.14. The molecule has 6 heteroatoms. The molecule has 0 heterocycles. The number of halogens is 2. The minimum atomic E-state index is -0.424. The Labute approximate surface area is 158 Å². The van der Waals surface area contributed by atoms with Crippen LogP contribution in [0.1, 0.15) is 52.8 Å². The van der Waals surface area contributed by atoms with Crippen molar-refractivity contribution in [3.05, 3.63) is 71.3 Å². The number of amides is 2. The van der Waals surface area contributed by atoms with E-state index in [9.17, 15) is 18.4 Å². The summed E-state index contributed by atoms with van der Waals surface area (Å²) in [5.41, 5.74) is 0.646. The maximum absolute atomic E-state index is 13.1. The largest absolute Gasteiger partial charge is 0.352 e. The van der Waals surface area contributed by atoms with Gasteiger partial charge >= 0.3 is 0 Å². The number of carbonyl (C=O) groups is 2. The molecule has 27 heavy (non-hydrogen) atoms. The fourth-order valence-corrected chi connectivity index (χ4v) is 2.65. The van der Waals surface area contributed by atoms with Crippen molar-refractivity contribution >= 4 is 11.8 Å². The fourth-order valence-electron chi connectivity index (χ4n) is 2.65. The average molecular weight is 374 g/mol. The summed E-state index contributed by atoms with van der Waals surface area (Å²) in [6.45, 7) is 1.09. The standard InChI is InChI=1S/C21H24F2N2O2/c22-18-10-6-8-16(14-18)20(26)24-12-4-2-1-3-5-13-25-21(27)17-9-7-11-19(23)15-17/h6-11,14-15H,1-5,12-13H2,(H,24,26)(H,25,27). The van der Waals surface area contributed by atoms with Crippen molar-refractivity contribution in [3.8, 4) is 0 Å². The molecule has 0 aromatic heterocycles. The average Bonchev–Trinajstić information content (AvgIpc) is 2.66. The van der Waals surface area contributed by atoms with E-state index >= 15 is 0 Å². The molecule has 0 aliphatic carbocycles. The Bertz CT molecular complexity index is 702. The first kappa shape index (κ1) is 20.6. The highest BCUT2D eigenvalue weighted by atomic mass is 19.1. The van der Waals surface area contributed by atoms with Gasteiger partial charge in [0.1, 0.15) is 11.6 Å². The number of carbonyl (C=O) groups excluding carboxylic acids is 2. The molecule has 4 nitrogen and oxygen atoms in total. The Morgan fingerprint density at radius 3 is 1.48 bits per heavy atom. The first-order chi connectivity index (χ1) is 13.1. The topological polar surface area (TPSA) is 58.2 Å². The third-order valence-corrected chi connectivity index (χ3v) is 4.10. The van der Waals surface area contributed by atoms with Crippen LogP contribution < -0.4 is 10.6 Å². The molecule has 0 unspecified atom stereocenters. The number of hydrogen-bond acceptors (Lipinski definition) is 2. The van der Waals surface area contributed by atoms with Gasteiger partial charge in [0.05, 0.1) is 0 Å². The van der Waals surface area contributed by atoms with Crippen LogP contribution in [0.4, 0.5) is 8.78 Å². The fraction of sp³-hybridized carbons (Fsp3) is 0.333. The minimum absolute atomic E-state index is 0.269. The zero-order chi connectivity index (χ0) is 19.5. The van der Waals surface area contributed by atoms with Crippen LogP contribution in [0, 0.1) is 11.6 Å². The van der Waals surface area contributed by atoms with Gasteiger partial charge in [-0.3, -0.25) is 9.59 Å².